The van der Waals surface area contributed by atoms with E-state index in [2.05, 4.69) is 25.3 Å². The average Bonchev–Trinajstić information content (AvgIpc) is 3.00. The Kier molecular flexibility index (Phi) is 5.37. The summed E-state index contributed by atoms with van der Waals surface area (Å²) < 4.78 is 14.2. The normalized spacial score (nSPS) is 16.8. The van der Waals surface area contributed by atoms with Gasteiger partial charge in [0.25, 0.3) is 0 Å². The third-order valence-corrected chi connectivity index (χ3v) is 6.36. The van der Waals surface area contributed by atoms with Gasteiger partial charge in [0.15, 0.2) is 11.5 Å². The van der Waals surface area contributed by atoms with E-state index in [4.69, 9.17) is 11.6 Å². The van der Waals surface area contributed by atoms with E-state index in [9.17, 15) is 9.32 Å². The lowest BCUT2D eigenvalue weighted by atomic mass is 9.77. The fourth-order valence-corrected chi connectivity index (χ4v) is 4.14. The Morgan fingerprint density at radius 3 is 2.59 bits per heavy atom. The molecule has 1 aliphatic carbocycles. The topological polar surface area (TPSA) is 106 Å². The van der Waals surface area contributed by atoms with Gasteiger partial charge in [-0.25, -0.2) is 19.9 Å². The van der Waals surface area contributed by atoms with Crippen LogP contribution in [0.1, 0.15) is 30.9 Å². The van der Waals surface area contributed by atoms with Crippen LogP contribution in [0.2, 0.25) is 5.02 Å². The Labute approximate surface area is 175 Å². The lowest BCUT2D eigenvalue weighted by molar-refractivity contribution is 0.144. The molecule has 8 nitrogen and oxygen atoms in total. The van der Waals surface area contributed by atoms with Crippen LogP contribution < -0.4 is 5.32 Å². The zero-order valence-electron chi connectivity index (χ0n) is 16.1. The quantitative estimate of drug-likeness (QED) is 0.616. The molecule has 4 rings (SSSR count). The molecule has 29 heavy (non-hydrogen) atoms. The summed E-state index contributed by atoms with van der Waals surface area (Å²) in [5.74, 6) is 1.16. The average molecular weight is 433 g/mol. The standard InChI is InChI=1S/C19H21ClN6O2S/c1-26-15(5-4-14-21-8-12(20)9-22-14)24-18-17(26)16(13(10-23-18)29(2)28)25-19(11-27)6-3-7-19/h4-5,8-10,27H,3,6-7,11H2,1-2H3,(H,23,25)/b5-4+/t29-/m1/s1. The van der Waals surface area contributed by atoms with E-state index in [1.54, 1.807) is 24.6 Å². The zero-order chi connectivity index (χ0) is 20.6. The molecule has 1 aliphatic rings. The first-order valence-corrected chi connectivity index (χ1v) is 11.1. The van der Waals surface area contributed by atoms with Crippen LogP contribution in [0.15, 0.2) is 23.5 Å². The van der Waals surface area contributed by atoms with Gasteiger partial charge in [-0.3, -0.25) is 4.21 Å². The predicted molar refractivity (Wildman–Crippen MR) is 114 cm³/mol. The number of aryl methyl sites for hydroxylation is 1. The number of aliphatic hydroxyl groups is 1. The second-order valence-corrected chi connectivity index (χ2v) is 8.95. The van der Waals surface area contributed by atoms with Crippen molar-refractivity contribution in [1.82, 2.24) is 24.5 Å². The minimum atomic E-state index is -1.24. The molecular formula is C19H21ClN6O2S. The molecule has 10 heteroatoms. The van der Waals surface area contributed by atoms with Crippen molar-refractivity contribution in [3.63, 3.8) is 0 Å². The Bertz CT molecular complexity index is 1100. The third-order valence-electron chi connectivity index (χ3n) is 5.23. The van der Waals surface area contributed by atoms with E-state index in [0.717, 1.165) is 24.8 Å². The van der Waals surface area contributed by atoms with Crippen molar-refractivity contribution in [2.75, 3.05) is 18.2 Å². The minimum Gasteiger partial charge on any atom is -0.394 e. The monoisotopic (exact) mass is 432 g/mol. The van der Waals surface area contributed by atoms with Crippen LogP contribution in [0.5, 0.6) is 0 Å². The first-order valence-electron chi connectivity index (χ1n) is 9.16. The number of aromatic nitrogens is 5. The number of imidazole rings is 1. The van der Waals surface area contributed by atoms with Crippen LogP contribution in [0, 0.1) is 0 Å². The summed E-state index contributed by atoms with van der Waals surface area (Å²) in [5, 5.41) is 13.8. The van der Waals surface area contributed by atoms with Gasteiger partial charge in [-0.2, -0.15) is 0 Å². The molecule has 1 saturated carbocycles. The zero-order valence-corrected chi connectivity index (χ0v) is 17.7. The van der Waals surface area contributed by atoms with Crippen molar-refractivity contribution >= 4 is 51.4 Å². The Morgan fingerprint density at radius 1 is 1.28 bits per heavy atom. The fourth-order valence-electron chi connectivity index (χ4n) is 3.41. The molecule has 0 aliphatic heterocycles. The molecule has 3 aromatic heterocycles. The van der Waals surface area contributed by atoms with Gasteiger partial charge >= 0.3 is 0 Å². The summed E-state index contributed by atoms with van der Waals surface area (Å²) in [4.78, 5) is 17.9. The first kappa shape index (κ1) is 19.9. The molecule has 0 bridgehead atoms. The first-order chi connectivity index (χ1) is 13.9. The second kappa shape index (κ2) is 7.81. The molecular weight excluding hydrogens is 412 g/mol. The number of fused-ring (bicyclic) bond motifs is 1. The van der Waals surface area contributed by atoms with Crippen LogP contribution in [0.25, 0.3) is 23.3 Å². The highest BCUT2D eigenvalue weighted by atomic mass is 35.5. The maximum atomic E-state index is 12.3. The van der Waals surface area contributed by atoms with E-state index < -0.39 is 10.8 Å². The molecule has 0 saturated heterocycles. The summed E-state index contributed by atoms with van der Waals surface area (Å²) in [7, 11) is 0.630. The molecule has 1 atom stereocenters. The number of aliphatic hydroxyl groups excluding tert-OH is 1. The SMILES string of the molecule is Cn1c(/C=C/c2ncc(Cl)cn2)nc2ncc([S@@](C)=O)c(NC3(CO)CCC3)c21. The van der Waals surface area contributed by atoms with E-state index in [0.29, 0.717) is 32.9 Å². The fraction of sp³-hybridized carbons (Fsp3) is 0.368. The molecule has 3 aromatic rings. The van der Waals surface area contributed by atoms with Gasteiger partial charge < -0.3 is 15.0 Å². The van der Waals surface area contributed by atoms with Gasteiger partial charge in [0.05, 0.1) is 38.6 Å². The molecule has 152 valence electrons. The van der Waals surface area contributed by atoms with Gasteiger partial charge in [0.1, 0.15) is 11.3 Å². The van der Waals surface area contributed by atoms with Crippen LogP contribution in [-0.2, 0) is 17.8 Å². The maximum absolute atomic E-state index is 12.3. The Morgan fingerprint density at radius 2 is 2.00 bits per heavy atom. The second-order valence-electron chi connectivity index (χ2n) is 7.16. The number of hydrogen-bond donors (Lipinski definition) is 2. The highest BCUT2D eigenvalue weighted by Gasteiger charge is 2.37. The number of nitrogens with zero attached hydrogens (tertiary/aromatic N) is 5. The van der Waals surface area contributed by atoms with Crippen molar-refractivity contribution in [1.29, 1.82) is 0 Å². The minimum absolute atomic E-state index is 0.0190. The largest absolute Gasteiger partial charge is 0.394 e. The van der Waals surface area contributed by atoms with Gasteiger partial charge in [-0.15, -0.1) is 0 Å². The number of rotatable bonds is 6. The van der Waals surface area contributed by atoms with E-state index in [1.165, 1.54) is 12.4 Å². The van der Waals surface area contributed by atoms with Crippen LogP contribution in [-0.4, -0.2) is 52.2 Å². The van der Waals surface area contributed by atoms with E-state index >= 15 is 0 Å². The third kappa shape index (κ3) is 3.77. The summed E-state index contributed by atoms with van der Waals surface area (Å²) in [5.41, 5.74) is 1.60. The molecule has 0 radical (unpaired) electrons. The van der Waals surface area contributed by atoms with Crippen molar-refractivity contribution in [3.8, 4) is 0 Å². The summed E-state index contributed by atoms with van der Waals surface area (Å²) in [6.45, 7) is 0.0190. The number of anilines is 1. The van der Waals surface area contributed by atoms with Gasteiger partial charge in [0, 0.05) is 31.9 Å². The number of hydrogen-bond acceptors (Lipinski definition) is 7. The molecule has 2 N–H and O–H groups in total. The van der Waals surface area contributed by atoms with Gasteiger partial charge in [-0.05, 0) is 31.4 Å². The van der Waals surface area contributed by atoms with Crippen molar-refractivity contribution < 1.29 is 9.32 Å². The molecule has 0 spiro atoms. The molecule has 0 unspecified atom stereocenters. The summed E-state index contributed by atoms with van der Waals surface area (Å²) >= 11 is 5.82. The molecule has 0 amide bonds. The van der Waals surface area contributed by atoms with E-state index in [-0.39, 0.29) is 12.1 Å². The van der Waals surface area contributed by atoms with Crippen molar-refractivity contribution in [2.45, 2.75) is 29.7 Å². The summed E-state index contributed by atoms with van der Waals surface area (Å²) in [6, 6.07) is 0. The Balaban J connectivity index is 1.79. The van der Waals surface area contributed by atoms with Crippen LogP contribution in [0.4, 0.5) is 5.69 Å². The van der Waals surface area contributed by atoms with Gasteiger partial charge in [0.2, 0.25) is 0 Å². The van der Waals surface area contributed by atoms with Gasteiger partial charge in [-0.1, -0.05) is 11.6 Å². The smallest absolute Gasteiger partial charge is 0.180 e. The summed E-state index contributed by atoms with van der Waals surface area (Å²) in [6.07, 6.45) is 12.6. The van der Waals surface area contributed by atoms with Crippen LogP contribution in [0.3, 0.4) is 0 Å². The lowest BCUT2D eigenvalue weighted by Crippen LogP contribution is -2.48. The highest BCUT2D eigenvalue weighted by Crippen LogP contribution is 2.39. The van der Waals surface area contributed by atoms with Crippen molar-refractivity contribution in [2.24, 2.45) is 7.05 Å². The highest BCUT2D eigenvalue weighted by molar-refractivity contribution is 7.84. The number of pyridine rings is 1. The number of nitrogens with one attached hydrogen (secondary N) is 1. The molecule has 0 aromatic carbocycles. The number of halogens is 1. The van der Waals surface area contributed by atoms with E-state index in [1.807, 2.05) is 11.6 Å². The Hall–Kier alpha value is -2.36. The predicted octanol–water partition coefficient (Wildman–Crippen LogP) is 2.65. The molecule has 3 heterocycles. The van der Waals surface area contributed by atoms with Crippen molar-refractivity contribution in [3.05, 3.63) is 35.3 Å². The molecule has 1 fully saturated rings. The van der Waals surface area contributed by atoms with Crippen LogP contribution >= 0.6 is 11.6 Å². The maximum Gasteiger partial charge on any atom is 0.180 e. The lowest BCUT2D eigenvalue weighted by Gasteiger charge is -2.42.